The van der Waals surface area contributed by atoms with Gasteiger partial charge in [-0.05, 0) is 60.4 Å². The molecule has 2 aliphatic rings. The molecule has 0 N–H and O–H groups in total. The zero-order chi connectivity index (χ0) is 21.4. The molecule has 4 nitrogen and oxygen atoms in total. The van der Waals surface area contributed by atoms with Crippen LogP contribution in [0.2, 0.25) is 10.0 Å². The van der Waals surface area contributed by atoms with E-state index >= 15 is 0 Å². The molecule has 160 valence electrons. The Morgan fingerprint density at radius 3 is 2.45 bits per heavy atom. The number of pyridine rings is 1. The highest BCUT2D eigenvalue weighted by molar-refractivity contribution is 6.34. The van der Waals surface area contributed by atoms with Crippen LogP contribution in [0.1, 0.15) is 41.3 Å². The van der Waals surface area contributed by atoms with Gasteiger partial charge < -0.3 is 9.47 Å². The fourth-order valence-corrected chi connectivity index (χ4v) is 5.29. The maximum Gasteiger partial charge on any atom is 0.118 e. The SMILES string of the molecule is COc1ccc(CN2CCC3(CC2)O[C@@H](c2cc(Cl)cc(Cl)c2)c2cccnc23)cc1. The first-order chi connectivity index (χ1) is 15.1. The molecule has 0 radical (unpaired) electrons. The normalized spacial score (nSPS) is 20.0. The van der Waals surface area contributed by atoms with Gasteiger partial charge in [-0.25, -0.2) is 0 Å². The highest BCUT2D eigenvalue weighted by Crippen LogP contribution is 2.51. The molecule has 1 atom stereocenters. The van der Waals surface area contributed by atoms with Gasteiger partial charge in [0, 0.05) is 41.4 Å². The van der Waals surface area contributed by atoms with Crippen LogP contribution in [0.4, 0.5) is 0 Å². The van der Waals surface area contributed by atoms with Crippen molar-refractivity contribution in [1.82, 2.24) is 9.88 Å². The molecule has 0 saturated carbocycles. The Labute approximate surface area is 192 Å². The summed E-state index contributed by atoms with van der Waals surface area (Å²) in [5.74, 6) is 0.885. The standard InChI is InChI=1S/C25H24Cl2N2O2/c1-30-21-6-4-17(5-7-21)16-29-11-8-25(9-12-29)24-22(3-2-10-28-24)23(31-25)18-13-19(26)15-20(27)14-18/h2-7,10,13-15,23H,8-9,11-12,16H2,1H3/t23-/m0/s1. The zero-order valence-corrected chi connectivity index (χ0v) is 18.9. The summed E-state index contributed by atoms with van der Waals surface area (Å²) >= 11 is 12.6. The summed E-state index contributed by atoms with van der Waals surface area (Å²) in [4.78, 5) is 7.24. The van der Waals surface area contributed by atoms with Crippen LogP contribution in [0.25, 0.3) is 0 Å². The number of ether oxygens (including phenoxy) is 2. The van der Waals surface area contributed by atoms with Gasteiger partial charge in [0.25, 0.3) is 0 Å². The van der Waals surface area contributed by atoms with Crippen molar-refractivity contribution in [2.45, 2.75) is 31.1 Å². The second-order valence-corrected chi connectivity index (χ2v) is 9.13. The van der Waals surface area contributed by atoms with E-state index in [2.05, 4.69) is 23.1 Å². The highest BCUT2D eigenvalue weighted by atomic mass is 35.5. The molecule has 2 aromatic carbocycles. The number of benzene rings is 2. The second kappa shape index (κ2) is 8.44. The van der Waals surface area contributed by atoms with Gasteiger partial charge in [-0.3, -0.25) is 9.88 Å². The number of halogens is 2. The Morgan fingerprint density at radius 1 is 1.06 bits per heavy atom. The summed E-state index contributed by atoms with van der Waals surface area (Å²) in [6.07, 6.45) is 3.46. The van der Waals surface area contributed by atoms with Gasteiger partial charge in [0.2, 0.25) is 0 Å². The molecule has 0 unspecified atom stereocenters. The lowest BCUT2D eigenvalue weighted by atomic mass is 9.86. The third-order valence-corrected chi connectivity index (χ3v) is 6.75. The molecule has 3 heterocycles. The average molecular weight is 455 g/mol. The van der Waals surface area contributed by atoms with E-state index < -0.39 is 0 Å². The van der Waals surface area contributed by atoms with Gasteiger partial charge in [-0.15, -0.1) is 0 Å². The summed E-state index contributed by atoms with van der Waals surface area (Å²) in [7, 11) is 1.69. The van der Waals surface area contributed by atoms with E-state index in [4.69, 9.17) is 37.7 Å². The van der Waals surface area contributed by atoms with Crippen LogP contribution in [0.3, 0.4) is 0 Å². The maximum atomic E-state index is 6.76. The molecule has 1 fully saturated rings. The predicted octanol–water partition coefficient (Wildman–Crippen LogP) is 6.01. The first kappa shape index (κ1) is 20.8. The molecule has 1 saturated heterocycles. The van der Waals surface area contributed by atoms with Crippen molar-refractivity contribution in [2.24, 2.45) is 0 Å². The predicted molar refractivity (Wildman–Crippen MR) is 123 cm³/mol. The molecule has 6 heteroatoms. The number of hydrogen-bond acceptors (Lipinski definition) is 4. The average Bonchev–Trinajstić information content (AvgIpc) is 3.10. The van der Waals surface area contributed by atoms with E-state index in [1.54, 1.807) is 13.2 Å². The van der Waals surface area contributed by atoms with Crippen molar-refractivity contribution < 1.29 is 9.47 Å². The molecule has 31 heavy (non-hydrogen) atoms. The van der Waals surface area contributed by atoms with Gasteiger partial charge in [-0.2, -0.15) is 0 Å². The van der Waals surface area contributed by atoms with E-state index in [0.717, 1.165) is 55.0 Å². The smallest absolute Gasteiger partial charge is 0.118 e. The maximum absolute atomic E-state index is 6.76. The van der Waals surface area contributed by atoms with Gasteiger partial charge in [0.05, 0.1) is 12.8 Å². The molecule has 1 spiro atoms. The number of piperidine rings is 1. The lowest BCUT2D eigenvalue weighted by Crippen LogP contribution is -2.42. The first-order valence-electron chi connectivity index (χ1n) is 10.5. The Kier molecular flexibility index (Phi) is 5.65. The summed E-state index contributed by atoms with van der Waals surface area (Å²) in [5.41, 5.74) is 4.06. The summed E-state index contributed by atoms with van der Waals surface area (Å²) < 4.78 is 12.0. The third-order valence-electron chi connectivity index (χ3n) is 6.31. The molecule has 1 aromatic heterocycles. The third kappa shape index (κ3) is 4.06. The monoisotopic (exact) mass is 454 g/mol. The van der Waals surface area contributed by atoms with Crippen molar-refractivity contribution in [2.75, 3.05) is 20.2 Å². The number of hydrogen-bond donors (Lipinski definition) is 0. The molecule has 0 bridgehead atoms. The summed E-state index contributed by atoms with van der Waals surface area (Å²) in [6.45, 7) is 2.82. The van der Waals surface area contributed by atoms with E-state index in [0.29, 0.717) is 10.0 Å². The van der Waals surface area contributed by atoms with Crippen LogP contribution in [0.15, 0.2) is 60.8 Å². The Bertz CT molecular complexity index is 1060. The van der Waals surface area contributed by atoms with E-state index in [1.807, 2.05) is 36.5 Å². The van der Waals surface area contributed by atoms with Crippen LogP contribution >= 0.6 is 23.2 Å². The zero-order valence-electron chi connectivity index (χ0n) is 17.4. The Hall–Kier alpha value is -2.11. The minimum absolute atomic E-state index is 0.201. The topological polar surface area (TPSA) is 34.6 Å². The van der Waals surface area contributed by atoms with Gasteiger partial charge in [0.15, 0.2) is 0 Å². The number of nitrogens with zero attached hydrogens (tertiary/aromatic N) is 2. The van der Waals surface area contributed by atoms with Gasteiger partial charge in [0.1, 0.15) is 17.5 Å². The van der Waals surface area contributed by atoms with Crippen molar-refractivity contribution >= 4 is 23.2 Å². The fourth-order valence-electron chi connectivity index (χ4n) is 4.75. The van der Waals surface area contributed by atoms with Crippen molar-refractivity contribution in [3.05, 3.63) is 93.2 Å². The van der Waals surface area contributed by atoms with Crippen LogP contribution in [-0.2, 0) is 16.9 Å². The molecule has 5 rings (SSSR count). The number of aromatic nitrogens is 1. The largest absolute Gasteiger partial charge is 0.497 e. The van der Waals surface area contributed by atoms with Gasteiger partial charge >= 0.3 is 0 Å². The molecular weight excluding hydrogens is 431 g/mol. The molecule has 0 aliphatic carbocycles. The van der Waals surface area contributed by atoms with Crippen LogP contribution in [-0.4, -0.2) is 30.1 Å². The number of rotatable bonds is 4. The van der Waals surface area contributed by atoms with E-state index in [-0.39, 0.29) is 11.7 Å². The molecular formula is C25H24Cl2N2O2. The summed E-state index contributed by atoms with van der Waals surface area (Å²) in [6, 6.07) is 18.0. The molecule has 2 aliphatic heterocycles. The minimum Gasteiger partial charge on any atom is -0.497 e. The number of fused-ring (bicyclic) bond motifs is 2. The number of likely N-dealkylation sites (tertiary alicyclic amines) is 1. The molecule has 3 aromatic rings. The lowest BCUT2D eigenvalue weighted by Gasteiger charge is -2.39. The highest BCUT2D eigenvalue weighted by Gasteiger charge is 2.48. The van der Waals surface area contributed by atoms with Crippen molar-refractivity contribution in [3.63, 3.8) is 0 Å². The van der Waals surface area contributed by atoms with Crippen LogP contribution in [0, 0.1) is 0 Å². The molecule has 0 amide bonds. The van der Waals surface area contributed by atoms with Crippen LogP contribution < -0.4 is 4.74 Å². The Balaban J connectivity index is 1.35. The Morgan fingerprint density at radius 2 is 1.77 bits per heavy atom. The lowest BCUT2D eigenvalue weighted by molar-refractivity contribution is -0.0996. The fraction of sp³-hybridized carbons (Fsp3) is 0.320. The van der Waals surface area contributed by atoms with Gasteiger partial charge in [-0.1, -0.05) is 41.4 Å². The van der Waals surface area contributed by atoms with Crippen LogP contribution in [0.5, 0.6) is 5.75 Å². The summed E-state index contributed by atoms with van der Waals surface area (Å²) in [5, 5.41) is 1.23. The number of methoxy groups -OCH3 is 1. The van der Waals surface area contributed by atoms with E-state index in [9.17, 15) is 0 Å². The first-order valence-corrected chi connectivity index (χ1v) is 11.3. The van der Waals surface area contributed by atoms with Crippen molar-refractivity contribution in [1.29, 1.82) is 0 Å². The minimum atomic E-state index is -0.369. The second-order valence-electron chi connectivity index (χ2n) is 8.26. The quantitative estimate of drug-likeness (QED) is 0.483. The van der Waals surface area contributed by atoms with Crippen molar-refractivity contribution in [3.8, 4) is 5.75 Å². The van der Waals surface area contributed by atoms with E-state index in [1.165, 1.54) is 5.56 Å².